The first kappa shape index (κ1) is 26.5. The SMILES string of the molecule is CC(O)C(NC(=O)C(N)Cc1ccccc1)C(=O)NC(CCC(=O)O)C(=O)NCC(=O)O. The summed E-state index contributed by atoms with van der Waals surface area (Å²) in [6, 6.07) is 5.00. The van der Waals surface area contributed by atoms with Crippen molar-refractivity contribution in [3.63, 3.8) is 0 Å². The maximum atomic E-state index is 12.6. The molecule has 0 aliphatic carbocycles. The van der Waals surface area contributed by atoms with Crippen LogP contribution in [0.5, 0.6) is 0 Å². The third kappa shape index (κ3) is 9.53. The number of carbonyl (C=O) groups is 5. The molecule has 0 spiro atoms. The van der Waals surface area contributed by atoms with Crippen molar-refractivity contribution in [3.05, 3.63) is 35.9 Å². The van der Waals surface area contributed by atoms with Crippen LogP contribution in [-0.2, 0) is 30.4 Å². The number of nitrogens with one attached hydrogen (secondary N) is 3. The molecule has 176 valence electrons. The van der Waals surface area contributed by atoms with Crippen LogP contribution in [0.25, 0.3) is 0 Å². The van der Waals surface area contributed by atoms with E-state index >= 15 is 0 Å². The number of rotatable bonds is 13. The van der Waals surface area contributed by atoms with E-state index in [1.807, 2.05) is 5.32 Å². The number of aliphatic hydroxyl groups is 1. The molecule has 0 aromatic heterocycles. The molecule has 1 aromatic carbocycles. The highest BCUT2D eigenvalue weighted by Gasteiger charge is 2.31. The Morgan fingerprint density at radius 3 is 2.09 bits per heavy atom. The van der Waals surface area contributed by atoms with E-state index in [0.717, 1.165) is 5.56 Å². The first-order valence-electron chi connectivity index (χ1n) is 9.80. The Morgan fingerprint density at radius 2 is 1.56 bits per heavy atom. The summed E-state index contributed by atoms with van der Waals surface area (Å²) in [5.41, 5.74) is 6.67. The fourth-order valence-electron chi connectivity index (χ4n) is 2.71. The van der Waals surface area contributed by atoms with Crippen LogP contribution < -0.4 is 21.7 Å². The lowest BCUT2D eigenvalue weighted by Crippen LogP contribution is -2.59. The maximum Gasteiger partial charge on any atom is 0.322 e. The summed E-state index contributed by atoms with van der Waals surface area (Å²) in [5, 5.41) is 34.1. The quantitative estimate of drug-likeness (QED) is 0.176. The van der Waals surface area contributed by atoms with E-state index in [2.05, 4.69) is 10.6 Å². The van der Waals surface area contributed by atoms with Crippen molar-refractivity contribution < 1.29 is 39.3 Å². The maximum absolute atomic E-state index is 12.6. The van der Waals surface area contributed by atoms with E-state index in [4.69, 9.17) is 15.9 Å². The number of carboxylic acid groups (broad SMARTS) is 2. The van der Waals surface area contributed by atoms with E-state index in [1.54, 1.807) is 30.3 Å². The number of nitrogens with two attached hydrogens (primary N) is 1. The fourth-order valence-corrected chi connectivity index (χ4v) is 2.71. The van der Waals surface area contributed by atoms with Crippen LogP contribution in [0.15, 0.2) is 30.3 Å². The van der Waals surface area contributed by atoms with Gasteiger partial charge < -0.3 is 37.0 Å². The third-order valence-electron chi connectivity index (χ3n) is 4.39. The summed E-state index contributed by atoms with van der Waals surface area (Å²) in [4.78, 5) is 58.7. The van der Waals surface area contributed by atoms with Gasteiger partial charge in [0.15, 0.2) is 0 Å². The molecule has 0 fully saturated rings. The second-order valence-electron chi connectivity index (χ2n) is 7.13. The van der Waals surface area contributed by atoms with Crippen LogP contribution in [0.3, 0.4) is 0 Å². The molecule has 0 saturated carbocycles. The molecule has 3 amide bonds. The first-order chi connectivity index (χ1) is 15.0. The van der Waals surface area contributed by atoms with E-state index < -0.39 is 66.9 Å². The summed E-state index contributed by atoms with van der Waals surface area (Å²) in [5.74, 6) is -5.15. The highest BCUT2D eigenvalue weighted by molar-refractivity contribution is 5.94. The average molecular weight is 452 g/mol. The minimum absolute atomic E-state index is 0.180. The van der Waals surface area contributed by atoms with E-state index in [0.29, 0.717) is 0 Å². The van der Waals surface area contributed by atoms with Crippen molar-refractivity contribution in [1.29, 1.82) is 0 Å². The Labute approximate surface area is 184 Å². The van der Waals surface area contributed by atoms with Crippen molar-refractivity contribution in [2.24, 2.45) is 5.73 Å². The number of aliphatic carboxylic acids is 2. The zero-order chi connectivity index (χ0) is 24.3. The molecule has 0 saturated heterocycles. The lowest BCUT2D eigenvalue weighted by Gasteiger charge is -2.25. The molecule has 0 bridgehead atoms. The van der Waals surface area contributed by atoms with E-state index in [9.17, 15) is 29.1 Å². The molecule has 12 heteroatoms. The van der Waals surface area contributed by atoms with E-state index in [-0.39, 0.29) is 12.8 Å². The molecule has 4 atom stereocenters. The number of aliphatic hydroxyl groups excluding tert-OH is 1. The smallest absolute Gasteiger partial charge is 0.322 e. The minimum atomic E-state index is -1.48. The molecular weight excluding hydrogens is 424 g/mol. The van der Waals surface area contributed by atoms with Gasteiger partial charge in [0, 0.05) is 6.42 Å². The Balaban J connectivity index is 2.83. The second kappa shape index (κ2) is 13.0. The van der Waals surface area contributed by atoms with Crippen molar-refractivity contribution in [2.75, 3.05) is 6.54 Å². The zero-order valence-corrected chi connectivity index (χ0v) is 17.5. The molecule has 8 N–H and O–H groups in total. The van der Waals surface area contributed by atoms with Crippen molar-refractivity contribution in [3.8, 4) is 0 Å². The van der Waals surface area contributed by atoms with Gasteiger partial charge >= 0.3 is 11.9 Å². The molecule has 0 aliphatic heterocycles. The van der Waals surface area contributed by atoms with Gasteiger partial charge in [0.05, 0.1) is 12.1 Å². The van der Waals surface area contributed by atoms with Gasteiger partial charge in [-0.1, -0.05) is 30.3 Å². The number of carbonyl (C=O) groups excluding carboxylic acids is 3. The molecule has 32 heavy (non-hydrogen) atoms. The van der Waals surface area contributed by atoms with Crippen LogP contribution in [-0.4, -0.2) is 75.8 Å². The van der Waals surface area contributed by atoms with Gasteiger partial charge in [-0.3, -0.25) is 24.0 Å². The topological polar surface area (TPSA) is 208 Å². The lowest BCUT2D eigenvalue weighted by atomic mass is 10.0. The van der Waals surface area contributed by atoms with Crippen LogP contribution in [0.1, 0.15) is 25.3 Å². The van der Waals surface area contributed by atoms with Gasteiger partial charge in [-0.05, 0) is 25.3 Å². The van der Waals surface area contributed by atoms with Gasteiger partial charge in [-0.15, -0.1) is 0 Å². The van der Waals surface area contributed by atoms with Crippen LogP contribution in [0.2, 0.25) is 0 Å². The van der Waals surface area contributed by atoms with Gasteiger partial charge in [0.25, 0.3) is 0 Å². The Bertz CT molecular complexity index is 815. The standard InChI is InChI=1S/C20H28N4O8/c1-11(25)17(24-18(30)13(21)9-12-5-3-2-4-6-12)20(32)23-14(7-8-15(26)27)19(31)22-10-16(28)29/h2-6,11,13-14,17,25H,7-10,21H2,1H3,(H,22,31)(H,23,32)(H,24,30)(H,26,27)(H,28,29). The van der Waals surface area contributed by atoms with Gasteiger partial charge in [-0.25, -0.2) is 0 Å². The number of hydrogen-bond acceptors (Lipinski definition) is 7. The fraction of sp³-hybridized carbons (Fsp3) is 0.450. The van der Waals surface area contributed by atoms with Gasteiger partial charge in [0.2, 0.25) is 17.7 Å². The number of carboxylic acids is 2. The van der Waals surface area contributed by atoms with Gasteiger partial charge in [-0.2, -0.15) is 0 Å². The first-order valence-corrected chi connectivity index (χ1v) is 9.80. The Kier molecular flexibility index (Phi) is 10.8. The number of benzene rings is 1. The molecule has 4 unspecified atom stereocenters. The summed E-state index contributed by atoms with van der Waals surface area (Å²) in [6.45, 7) is 0.507. The van der Waals surface area contributed by atoms with Crippen molar-refractivity contribution in [2.45, 2.75) is 50.4 Å². The van der Waals surface area contributed by atoms with Crippen LogP contribution >= 0.6 is 0 Å². The van der Waals surface area contributed by atoms with Crippen molar-refractivity contribution >= 4 is 29.7 Å². The number of amides is 3. The normalized spacial score (nSPS) is 14.3. The minimum Gasteiger partial charge on any atom is -0.481 e. The predicted octanol–water partition coefficient (Wildman–Crippen LogP) is -2.03. The Morgan fingerprint density at radius 1 is 0.938 bits per heavy atom. The molecule has 0 aliphatic rings. The largest absolute Gasteiger partial charge is 0.481 e. The van der Waals surface area contributed by atoms with Crippen LogP contribution in [0, 0.1) is 0 Å². The molecule has 1 aromatic rings. The molecule has 0 radical (unpaired) electrons. The third-order valence-corrected chi connectivity index (χ3v) is 4.39. The van der Waals surface area contributed by atoms with Crippen molar-refractivity contribution in [1.82, 2.24) is 16.0 Å². The highest BCUT2D eigenvalue weighted by atomic mass is 16.4. The molecule has 12 nitrogen and oxygen atoms in total. The molecule has 1 rings (SSSR count). The summed E-state index contributed by atoms with van der Waals surface area (Å²) in [6.07, 6.45) is -2.01. The number of hydrogen-bond donors (Lipinski definition) is 7. The highest BCUT2D eigenvalue weighted by Crippen LogP contribution is 2.04. The molecule has 0 heterocycles. The van der Waals surface area contributed by atoms with Crippen LogP contribution in [0.4, 0.5) is 0 Å². The lowest BCUT2D eigenvalue weighted by molar-refractivity contribution is -0.140. The Hall–Kier alpha value is -3.51. The van der Waals surface area contributed by atoms with Gasteiger partial charge in [0.1, 0.15) is 18.6 Å². The predicted molar refractivity (Wildman–Crippen MR) is 111 cm³/mol. The summed E-state index contributed by atoms with van der Waals surface area (Å²) in [7, 11) is 0. The second-order valence-corrected chi connectivity index (χ2v) is 7.13. The van der Waals surface area contributed by atoms with E-state index in [1.165, 1.54) is 6.92 Å². The summed E-state index contributed by atoms with van der Waals surface area (Å²) < 4.78 is 0. The monoisotopic (exact) mass is 452 g/mol. The summed E-state index contributed by atoms with van der Waals surface area (Å²) >= 11 is 0. The average Bonchev–Trinajstić information content (AvgIpc) is 2.73. The zero-order valence-electron chi connectivity index (χ0n) is 17.5. The molecular formula is C20H28N4O8.